The molecule has 0 aliphatic carbocycles. The molecule has 0 amide bonds. The molecule has 1 saturated heterocycles. The van der Waals surface area contributed by atoms with Gasteiger partial charge in [-0.15, -0.1) is 0 Å². The monoisotopic (exact) mass is 263 g/mol. The van der Waals surface area contributed by atoms with Crippen LogP contribution >= 0.6 is 23.2 Å². The van der Waals surface area contributed by atoms with Crippen molar-refractivity contribution >= 4 is 23.2 Å². The van der Waals surface area contributed by atoms with E-state index in [1.54, 1.807) is 0 Å². The predicted octanol–water partition coefficient (Wildman–Crippen LogP) is 3.84. The Bertz CT molecular complexity index is 480. The molecule has 0 spiro atoms. The molecule has 1 nitrogen and oxygen atoms in total. The van der Waals surface area contributed by atoms with Crippen LogP contribution in [0.5, 0.6) is 0 Å². The van der Waals surface area contributed by atoms with Crippen LogP contribution in [0.1, 0.15) is 11.1 Å². The van der Waals surface area contributed by atoms with Gasteiger partial charge >= 0.3 is 0 Å². The molecular formula is C14H11Cl2N. The van der Waals surface area contributed by atoms with Gasteiger partial charge in [0.1, 0.15) is 0 Å². The van der Waals surface area contributed by atoms with Crippen LogP contribution in [0.25, 0.3) is 0 Å². The third-order valence-electron chi connectivity index (χ3n) is 3.20. The standard InChI is InChI=1S/C14H11Cl2N/c15-12-5-1-10(2-6-12)14(9-17-14)11-3-7-13(16)8-4-11/h1-8,17H,9H2. The summed E-state index contributed by atoms with van der Waals surface area (Å²) in [4.78, 5) is 0. The minimum Gasteiger partial charge on any atom is -0.300 e. The average molecular weight is 264 g/mol. The van der Waals surface area contributed by atoms with Crippen molar-refractivity contribution in [3.8, 4) is 0 Å². The quantitative estimate of drug-likeness (QED) is 0.818. The number of benzene rings is 2. The van der Waals surface area contributed by atoms with E-state index in [1.807, 2.05) is 24.3 Å². The molecule has 2 aromatic rings. The summed E-state index contributed by atoms with van der Waals surface area (Å²) in [5.74, 6) is 0. The fraction of sp³-hybridized carbons (Fsp3) is 0.143. The molecule has 0 unspecified atom stereocenters. The maximum atomic E-state index is 5.91. The second-order valence-corrected chi connectivity index (χ2v) is 5.15. The second-order valence-electron chi connectivity index (χ2n) is 4.27. The Balaban J connectivity index is 2.01. The van der Waals surface area contributed by atoms with Crippen molar-refractivity contribution in [2.24, 2.45) is 0 Å². The van der Waals surface area contributed by atoms with Crippen LogP contribution in [0.4, 0.5) is 0 Å². The molecule has 0 atom stereocenters. The van der Waals surface area contributed by atoms with Gasteiger partial charge in [-0.1, -0.05) is 47.5 Å². The van der Waals surface area contributed by atoms with E-state index in [1.165, 1.54) is 11.1 Å². The third-order valence-corrected chi connectivity index (χ3v) is 3.71. The summed E-state index contributed by atoms with van der Waals surface area (Å²) in [6.45, 7) is 0.955. The molecule has 2 aromatic carbocycles. The van der Waals surface area contributed by atoms with Crippen LogP contribution in [0.15, 0.2) is 48.5 Å². The zero-order valence-electron chi connectivity index (χ0n) is 9.08. The molecule has 86 valence electrons. The molecule has 1 heterocycles. The van der Waals surface area contributed by atoms with Crippen LogP contribution in [-0.2, 0) is 5.54 Å². The molecule has 0 saturated carbocycles. The maximum absolute atomic E-state index is 5.91. The minimum absolute atomic E-state index is 0.0465. The predicted molar refractivity (Wildman–Crippen MR) is 71.7 cm³/mol. The van der Waals surface area contributed by atoms with Gasteiger partial charge in [0.05, 0.1) is 5.54 Å². The first-order chi connectivity index (χ1) is 8.21. The number of nitrogens with one attached hydrogen (secondary N) is 1. The Labute approximate surface area is 110 Å². The van der Waals surface area contributed by atoms with Crippen molar-refractivity contribution in [3.05, 3.63) is 69.7 Å². The number of hydrogen-bond acceptors (Lipinski definition) is 1. The summed E-state index contributed by atoms with van der Waals surface area (Å²) < 4.78 is 0. The van der Waals surface area contributed by atoms with Crippen molar-refractivity contribution in [2.75, 3.05) is 6.54 Å². The van der Waals surface area contributed by atoms with Crippen LogP contribution in [0.3, 0.4) is 0 Å². The Kier molecular flexibility index (Phi) is 2.62. The molecule has 3 rings (SSSR count). The summed E-state index contributed by atoms with van der Waals surface area (Å²) in [6, 6.07) is 16.0. The van der Waals surface area contributed by atoms with Crippen molar-refractivity contribution in [2.45, 2.75) is 5.54 Å². The van der Waals surface area contributed by atoms with Gasteiger partial charge in [0.15, 0.2) is 0 Å². The summed E-state index contributed by atoms with van der Waals surface area (Å²) in [7, 11) is 0. The Morgan fingerprint density at radius 3 is 1.41 bits per heavy atom. The van der Waals surface area contributed by atoms with E-state index < -0.39 is 0 Å². The highest BCUT2D eigenvalue weighted by atomic mass is 35.5. The highest BCUT2D eigenvalue weighted by Gasteiger charge is 2.45. The highest BCUT2D eigenvalue weighted by Crippen LogP contribution is 2.38. The lowest BCUT2D eigenvalue weighted by molar-refractivity contribution is 0.821. The first-order valence-electron chi connectivity index (χ1n) is 5.48. The molecule has 0 radical (unpaired) electrons. The molecular weight excluding hydrogens is 253 g/mol. The smallest absolute Gasteiger partial charge is 0.0818 e. The Hall–Kier alpha value is -1.02. The van der Waals surface area contributed by atoms with E-state index in [4.69, 9.17) is 23.2 Å². The largest absolute Gasteiger partial charge is 0.300 e. The third kappa shape index (κ3) is 1.95. The first kappa shape index (κ1) is 11.1. The Morgan fingerprint density at radius 2 is 1.12 bits per heavy atom. The zero-order valence-corrected chi connectivity index (χ0v) is 10.6. The zero-order chi connectivity index (χ0) is 11.9. The van der Waals surface area contributed by atoms with Gasteiger partial charge in [-0.2, -0.15) is 0 Å². The van der Waals surface area contributed by atoms with E-state index in [0.29, 0.717) is 0 Å². The van der Waals surface area contributed by atoms with E-state index in [-0.39, 0.29) is 5.54 Å². The molecule has 0 aromatic heterocycles. The van der Waals surface area contributed by atoms with Crippen LogP contribution in [0.2, 0.25) is 10.0 Å². The van der Waals surface area contributed by atoms with Crippen molar-refractivity contribution in [1.29, 1.82) is 0 Å². The fourth-order valence-corrected chi connectivity index (χ4v) is 2.38. The second kappa shape index (κ2) is 4.02. The number of rotatable bonds is 2. The molecule has 0 bridgehead atoms. The Morgan fingerprint density at radius 1 is 0.765 bits per heavy atom. The first-order valence-corrected chi connectivity index (χ1v) is 6.23. The van der Waals surface area contributed by atoms with E-state index in [2.05, 4.69) is 29.6 Å². The lowest BCUT2D eigenvalue weighted by Gasteiger charge is -2.15. The van der Waals surface area contributed by atoms with E-state index >= 15 is 0 Å². The number of hydrogen-bond donors (Lipinski definition) is 1. The minimum atomic E-state index is -0.0465. The van der Waals surface area contributed by atoms with Gasteiger partial charge in [-0.05, 0) is 35.4 Å². The van der Waals surface area contributed by atoms with Crippen molar-refractivity contribution in [1.82, 2.24) is 5.32 Å². The topological polar surface area (TPSA) is 21.9 Å². The summed E-state index contributed by atoms with van der Waals surface area (Å²) in [5, 5.41) is 4.96. The van der Waals surface area contributed by atoms with Crippen molar-refractivity contribution < 1.29 is 0 Å². The molecule has 1 N–H and O–H groups in total. The van der Waals surface area contributed by atoms with Gasteiger partial charge in [0.2, 0.25) is 0 Å². The lowest BCUT2D eigenvalue weighted by Crippen LogP contribution is -2.14. The molecule has 3 heteroatoms. The van der Waals surface area contributed by atoms with E-state index in [0.717, 1.165) is 16.6 Å². The summed E-state index contributed by atoms with van der Waals surface area (Å²) in [6.07, 6.45) is 0. The maximum Gasteiger partial charge on any atom is 0.0818 e. The van der Waals surface area contributed by atoms with Crippen LogP contribution in [-0.4, -0.2) is 6.54 Å². The SMILES string of the molecule is Clc1ccc(C2(c3ccc(Cl)cc3)CN2)cc1. The highest BCUT2D eigenvalue weighted by molar-refractivity contribution is 6.30. The lowest BCUT2D eigenvalue weighted by atomic mass is 9.91. The summed E-state index contributed by atoms with van der Waals surface area (Å²) >= 11 is 11.8. The molecule has 1 aliphatic rings. The van der Waals surface area contributed by atoms with Crippen LogP contribution < -0.4 is 5.32 Å². The van der Waals surface area contributed by atoms with Gasteiger partial charge in [-0.3, -0.25) is 0 Å². The number of halogens is 2. The van der Waals surface area contributed by atoms with Gasteiger partial charge < -0.3 is 5.32 Å². The van der Waals surface area contributed by atoms with Gasteiger partial charge in [0.25, 0.3) is 0 Å². The van der Waals surface area contributed by atoms with Crippen LogP contribution in [0, 0.1) is 0 Å². The molecule has 1 aliphatic heterocycles. The van der Waals surface area contributed by atoms with E-state index in [9.17, 15) is 0 Å². The fourth-order valence-electron chi connectivity index (χ4n) is 2.13. The molecule has 1 fully saturated rings. The normalized spacial score (nSPS) is 16.8. The van der Waals surface area contributed by atoms with Crippen molar-refractivity contribution in [3.63, 3.8) is 0 Å². The van der Waals surface area contributed by atoms with Gasteiger partial charge in [-0.25, -0.2) is 0 Å². The van der Waals surface area contributed by atoms with Gasteiger partial charge in [0, 0.05) is 16.6 Å². The summed E-state index contributed by atoms with van der Waals surface area (Å²) in [5.41, 5.74) is 2.43. The molecule has 17 heavy (non-hydrogen) atoms. The average Bonchev–Trinajstić information content (AvgIpc) is 3.12.